The van der Waals surface area contributed by atoms with E-state index in [2.05, 4.69) is 0 Å². The number of aliphatic hydroxyl groups is 2. The van der Waals surface area contributed by atoms with Gasteiger partial charge >= 0.3 is 0 Å². The molecule has 0 amide bonds. The zero-order valence-corrected chi connectivity index (χ0v) is 6.30. The van der Waals surface area contributed by atoms with Crippen molar-refractivity contribution in [3.8, 4) is 0 Å². The van der Waals surface area contributed by atoms with Gasteiger partial charge in [0.25, 0.3) is 0 Å². The molecule has 1 saturated heterocycles. The molecule has 1 rings (SSSR count). The molecule has 0 spiro atoms. The summed E-state index contributed by atoms with van der Waals surface area (Å²) in [4.78, 5) is 0. The summed E-state index contributed by atoms with van der Waals surface area (Å²) in [5, 5.41) is 18.0. The number of hydrogen-bond acceptors (Lipinski definition) is 4. The molecule has 0 bridgehead atoms. The van der Waals surface area contributed by atoms with E-state index in [-0.39, 0.29) is 6.61 Å². The Morgan fingerprint density at radius 1 is 1.64 bits per heavy atom. The van der Waals surface area contributed by atoms with E-state index >= 15 is 0 Å². The van der Waals surface area contributed by atoms with Crippen molar-refractivity contribution in [1.82, 2.24) is 0 Å². The van der Waals surface area contributed by atoms with E-state index < -0.39 is 24.3 Å². The Balaban J connectivity index is 2.55. The third-order valence-electron chi connectivity index (χ3n) is 1.83. The largest absolute Gasteiger partial charge is 0.394 e. The Morgan fingerprint density at radius 3 is 2.55 bits per heavy atom. The van der Waals surface area contributed by atoms with Crippen molar-refractivity contribution in [2.75, 3.05) is 13.7 Å². The molecule has 1 unspecified atom stereocenters. The molecule has 4 atom stereocenters. The van der Waals surface area contributed by atoms with Crippen molar-refractivity contribution in [3.63, 3.8) is 0 Å². The molecule has 4 nitrogen and oxygen atoms in total. The molecule has 11 heavy (non-hydrogen) atoms. The Morgan fingerprint density at radius 2 is 2.27 bits per heavy atom. The molecule has 62 valence electrons. The first-order chi connectivity index (χ1) is 5.20. The van der Waals surface area contributed by atoms with E-state index in [1.54, 1.807) is 0 Å². The molecule has 0 aromatic carbocycles. The molecule has 1 aliphatic heterocycles. The number of methoxy groups -OCH3 is 1. The lowest BCUT2D eigenvalue weighted by atomic mass is 9.93. The van der Waals surface area contributed by atoms with Crippen LogP contribution in [0.3, 0.4) is 0 Å². The van der Waals surface area contributed by atoms with Gasteiger partial charge in [-0.1, -0.05) is 0 Å². The monoisotopic (exact) mass is 158 g/mol. The molecule has 0 aromatic rings. The fraction of sp³-hybridized carbons (Fsp3) is 1.00. The summed E-state index contributed by atoms with van der Waals surface area (Å²) < 4.78 is 9.84. The summed E-state index contributed by atoms with van der Waals surface area (Å²) in [7, 11) is 6.87. The fourth-order valence-corrected chi connectivity index (χ4v) is 1.19. The van der Waals surface area contributed by atoms with Gasteiger partial charge in [-0.25, -0.2) is 0 Å². The lowest BCUT2D eigenvalue weighted by Gasteiger charge is -2.15. The number of ether oxygens (including phenoxy) is 2. The van der Waals surface area contributed by atoms with Crippen LogP contribution in [0.4, 0.5) is 0 Å². The van der Waals surface area contributed by atoms with Crippen LogP contribution >= 0.6 is 0 Å². The highest BCUT2D eigenvalue weighted by Crippen LogP contribution is 2.20. The van der Waals surface area contributed by atoms with Crippen molar-refractivity contribution in [3.05, 3.63) is 0 Å². The molecule has 1 fully saturated rings. The van der Waals surface area contributed by atoms with Crippen LogP contribution in [0.5, 0.6) is 0 Å². The maximum Gasteiger partial charge on any atom is 0.112 e. The van der Waals surface area contributed by atoms with Gasteiger partial charge in [0.1, 0.15) is 26.2 Å². The molecule has 1 heterocycles. The number of aliphatic hydroxyl groups excluding tert-OH is 2. The fourth-order valence-electron chi connectivity index (χ4n) is 1.19. The Kier molecular flexibility index (Phi) is 2.89. The minimum atomic E-state index is -0.833. The summed E-state index contributed by atoms with van der Waals surface area (Å²) in [6, 6.07) is -0.646. The topological polar surface area (TPSA) is 58.9 Å². The summed E-state index contributed by atoms with van der Waals surface area (Å²) in [5.74, 6) is 0. The van der Waals surface area contributed by atoms with Gasteiger partial charge in [-0.2, -0.15) is 0 Å². The van der Waals surface area contributed by atoms with Crippen LogP contribution in [0.1, 0.15) is 0 Å². The van der Waals surface area contributed by atoms with E-state index in [0.717, 1.165) is 0 Å². The lowest BCUT2D eigenvalue weighted by Crippen LogP contribution is -2.35. The summed E-state index contributed by atoms with van der Waals surface area (Å²) >= 11 is 0. The molecule has 5 heteroatoms. The van der Waals surface area contributed by atoms with Crippen LogP contribution in [-0.2, 0) is 9.47 Å². The highest BCUT2D eigenvalue weighted by Gasteiger charge is 2.40. The second-order valence-electron chi connectivity index (χ2n) is 2.51. The second kappa shape index (κ2) is 3.54. The van der Waals surface area contributed by atoms with E-state index in [1.807, 2.05) is 0 Å². The van der Waals surface area contributed by atoms with Crippen molar-refractivity contribution < 1.29 is 19.7 Å². The minimum Gasteiger partial charge on any atom is -0.394 e. The quantitative estimate of drug-likeness (QED) is 0.467. The van der Waals surface area contributed by atoms with E-state index in [9.17, 15) is 5.11 Å². The van der Waals surface area contributed by atoms with Gasteiger partial charge < -0.3 is 19.7 Å². The first kappa shape index (κ1) is 9.00. The first-order valence-electron chi connectivity index (χ1n) is 3.43. The average molecular weight is 158 g/mol. The minimum absolute atomic E-state index is 0.241. The van der Waals surface area contributed by atoms with Crippen molar-refractivity contribution in [2.45, 2.75) is 24.3 Å². The van der Waals surface area contributed by atoms with Crippen LogP contribution in [0, 0.1) is 0 Å². The van der Waals surface area contributed by atoms with Gasteiger partial charge in [-0.05, 0) is 0 Å². The van der Waals surface area contributed by atoms with Crippen molar-refractivity contribution in [1.29, 1.82) is 0 Å². The second-order valence-corrected chi connectivity index (χ2v) is 2.51. The molecule has 0 aliphatic carbocycles. The molecular weight excluding hydrogens is 147 g/mol. The van der Waals surface area contributed by atoms with Crippen molar-refractivity contribution >= 4 is 7.85 Å². The Bertz CT molecular complexity index is 132. The molecule has 0 aromatic heterocycles. The van der Waals surface area contributed by atoms with Crippen LogP contribution in [-0.4, -0.2) is 56.1 Å². The first-order valence-corrected chi connectivity index (χ1v) is 3.43. The molecule has 2 radical (unpaired) electrons. The van der Waals surface area contributed by atoms with E-state index in [0.29, 0.717) is 0 Å². The van der Waals surface area contributed by atoms with Gasteiger partial charge in [-0.3, -0.25) is 0 Å². The smallest absolute Gasteiger partial charge is 0.112 e. The summed E-state index contributed by atoms with van der Waals surface area (Å²) in [6.45, 7) is -0.241. The van der Waals surface area contributed by atoms with Crippen LogP contribution < -0.4 is 0 Å². The predicted molar refractivity (Wildman–Crippen MR) is 38.3 cm³/mol. The van der Waals surface area contributed by atoms with E-state index in [1.165, 1.54) is 7.11 Å². The zero-order chi connectivity index (χ0) is 8.43. The highest BCUT2D eigenvalue weighted by molar-refractivity contribution is 6.11. The predicted octanol–water partition coefficient (Wildman–Crippen LogP) is -1.75. The maximum absolute atomic E-state index is 9.33. The maximum atomic E-state index is 9.33. The third kappa shape index (κ3) is 1.56. The SMILES string of the molecule is [B]C1O[C@H](CO)[C@@H](O)[C@H]1OC. The molecular formula is C6H11BO4. The lowest BCUT2D eigenvalue weighted by molar-refractivity contribution is -0.0145. The van der Waals surface area contributed by atoms with Crippen LogP contribution in [0.2, 0.25) is 0 Å². The summed E-state index contributed by atoms with van der Waals surface area (Å²) in [5.41, 5.74) is 0. The number of rotatable bonds is 2. The van der Waals surface area contributed by atoms with Crippen LogP contribution in [0.15, 0.2) is 0 Å². The van der Waals surface area contributed by atoms with Crippen LogP contribution in [0.25, 0.3) is 0 Å². The van der Waals surface area contributed by atoms with Gasteiger partial charge in [0.2, 0.25) is 0 Å². The summed E-state index contributed by atoms with van der Waals surface area (Å²) in [6.07, 6.45) is -1.98. The van der Waals surface area contributed by atoms with E-state index in [4.69, 9.17) is 22.4 Å². The van der Waals surface area contributed by atoms with Gasteiger partial charge in [-0.15, -0.1) is 0 Å². The number of hydrogen-bond donors (Lipinski definition) is 2. The zero-order valence-electron chi connectivity index (χ0n) is 6.30. The normalized spacial score (nSPS) is 44.6. The standard InChI is InChI=1S/C6H11BO4/c1-10-5-4(9)3(2-8)11-6(5)7/h3-6,8-9H,2H2,1H3/t3-,4-,5-,6?/m1/s1. The Labute approximate surface area is 66.5 Å². The highest BCUT2D eigenvalue weighted by atomic mass is 16.6. The molecule has 1 aliphatic rings. The third-order valence-corrected chi connectivity index (χ3v) is 1.83. The van der Waals surface area contributed by atoms with Gasteiger partial charge in [0.15, 0.2) is 0 Å². The average Bonchev–Trinajstić information content (AvgIpc) is 2.26. The van der Waals surface area contributed by atoms with Gasteiger partial charge in [0, 0.05) is 13.1 Å². The Hall–Kier alpha value is -0.0951. The molecule has 0 saturated carbocycles. The van der Waals surface area contributed by atoms with Gasteiger partial charge in [0.05, 0.1) is 6.61 Å². The molecule has 2 N–H and O–H groups in total. The van der Waals surface area contributed by atoms with Crippen molar-refractivity contribution in [2.24, 2.45) is 0 Å².